The standard InChI is InChI=1S/C14H17FN2O/c1-9(2)14(8-18)17-12-5-6-16-13-7-10(15)3-4-11(12)13/h3-7,9,14,18H,8H2,1-2H3,(H,16,17)/t14-/m1/s1. The maximum absolute atomic E-state index is 13.1. The number of anilines is 1. The van der Waals surface area contributed by atoms with Crippen LogP contribution in [0.1, 0.15) is 13.8 Å². The molecule has 1 heterocycles. The van der Waals surface area contributed by atoms with Crippen molar-refractivity contribution in [2.24, 2.45) is 5.92 Å². The fourth-order valence-corrected chi connectivity index (χ4v) is 1.87. The second kappa shape index (κ2) is 5.31. The van der Waals surface area contributed by atoms with Crippen molar-refractivity contribution in [3.8, 4) is 0 Å². The van der Waals surface area contributed by atoms with Crippen LogP contribution in [0.25, 0.3) is 10.9 Å². The molecule has 0 aliphatic carbocycles. The first kappa shape index (κ1) is 12.8. The topological polar surface area (TPSA) is 45.1 Å². The number of pyridine rings is 1. The normalized spacial score (nSPS) is 12.9. The Morgan fingerprint density at radius 1 is 1.33 bits per heavy atom. The van der Waals surface area contributed by atoms with E-state index >= 15 is 0 Å². The SMILES string of the molecule is CC(C)[C@@H](CO)Nc1ccnc2cc(F)ccc12. The summed E-state index contributed by atoms with van der Waals surface area (Å²) in [4.78, 5) is 4.14. The molecule has 2 rings (SSSR count). The Kier molecular flexibility index (Phi) is 3.77. The third-order valence-corrected chi connectivity index (χ3v) is 3.05. The highest BCUT2D eigenvalue weighted by Gasteiger charge is 2.13. The average Bonchev–Trinajstić information content (AvgIpc) is 2.35. The van der Waals surface area contributed by atoms with E-state index in [2.05, 4.69) is 10.3 Å². The van der Waals surface area contributed by atoms with E-state index in [-0.39, 0.29) is 18.5 Å². The smallest absolute Gasteiger partial charge is 0.125 e. The molecule has 1 aromatic carbocycles. The number of halogens is 1. The first-order chi connectivity index (χ1) is 8.61. The molecular formula is C14H17FN2O. The van der Waals surface area contributed by atoms with Gasteiger partial charge in [0.2, 0.25) is 0 Å². The first-order valence-corrected chi connectivity index (χ1v) is 6.03. The Labute approximate surface area is 106 Å². The number of aromatic nitrogens is 1. The highest BCUT2D eigenvalue weighted by Crippen LogP contribution is 2.23. The van der Waals surface area contributed by atoms with Gasteiger partial charge in [0.1, 0.15) is 5.82 Å². The summed E-state index contributed by atoms with van der Waals surface area (Å²) in [6.45, 7) is 4.14. The van der Waals surface area contributed by atoms with Crippen LogP contribution < -0.4 is 5.32 Å². The summed E-state index contributed by atoms with van der Waals surface area (Å²) >= 11 is 0. The molecule has 0 unspecified atom stereocenters. The minimum Gasteiger partial charge on any atom is -0.394 e. The second-order valence-electron chi connectivity index (χ2n) is 4.70. The molecule has 0 amide bonds. The minimum absolute atomic E-state index is 0.0272. The lowest BCUT2D eigenvalue weighted by Gasteiger charge is -2.22. The van der Waals surface area contributed by atoms with Crippen LogP contribution in [-0.2, 0) is 0 Å². The molecule has 3 nitrogen and oxygen atoms in total. The molecule has 1 aromatic heterocycles. The van der Waals surface area contributed by atoms with E-state index < -0.39 is 0 Å². The lowest BCUT2D eigenvalue weighted by atomic mass is 10.0. The van der Waals surface area contributed by atoms with Crippen LogP contribution in [0.15, 0.2) is 30.5 Å². The fraction of sp³-hybridized carbons (Fsp3) is 0.357. The summed E-state index contributed by atoms with van der Waals surface area (Å²) < 4.78 is 13.1. The Balaban J connectivity index is 2.39. The number of aliphatic hydroxyl groups excluding tert-OH is 1. The number of hydrogen-bond donors (Lipinski definition) is 2. The molecule has 0 spiro atoms. The van der Waals surface area contributed by atoms with E-state index in [0.29, 0.717) is 11.4 Å². The van der Waals surface area contributed by atoms with Crippen molar-refractivity contribution in [1.29, 1.82) is 0 Å². The van der Waals surface area contributed by atoms with E-state index in [9.17, 15) is 9.50 Å². The molecule has 4 heteroatoms. The highest BCUT2D eigenvalue weighted by atomic mass is 19.1. The van der Waals surface area contributed by atoms with Gasteiger partial charge in [-0.15, -0.1) is 0 Å². The van der Waals surface area contributed by atoms with E-state index in [1.807, 2.05) is 19.9 Å². The van der Waals surface area contributed by atoms with Gasteiger partial charge in [0.25, 0.3) is 0 Å². The van der Waals surface area contributed by atoms with Crippen molar-refractivity contribution < 1.29 is 9.50 Å². The Bertz CT molecular complexity index is 542. The van der Waals surface area contributed by atoms with E-state index in [4.69, 9.17) is 0 Å². The van der Waals surface area contributed by atoms with Crippen LogP contribution in [0.4, 0.5) is 10.1 Å². The van der Waals surface area contributed by atoms with Gasteiger partial charge in [-0.05, 0) is 24.1 Å². The van der Waals surface area contributed by atoms with Crippen LogP contribution in [0.3, 0.4) is 0 Å². The van der Waals surface area contributed by atoms with Gasteiger partial charge in [-0.25, -0.2) is 4.39 Å². The molecule has 2 N–H and O–H groups in total. The Morgan fingerprint density at radius 3 is 2.78 bits per heavy atom. The number of nitrogens with one attached hydrogen (secondary N) is 1. The fourth-order valence-electron chi connectivity index (χ4n) is 1.87. The Morgan fingerprint density at radius 2 is 2.11 bits per heavy atom. The van der Waals surface area contributed by atoms with Gasteiger partial charge >= 0.3 is 0 Å². The van der Waals surface area contributed by atoms with Gasteiger partial charge in [0.05, 0.1) is 18.2 Å². The quantitative estimate of drug-likeness (QED) is 0.874. The van der Waals surface area contributed by atoms with Crippen molar-refractivity contribution in [2.45, 2.75) is 19.9 Å². The molecule has 0 fully saturated rings. The number of rotatable bonds is 4. The number of fused-ring (bicyclic) bond motifs is 1. The van der Waals surface area contributed by atoms with Crippen LogP contribution in [0, 0.1) is 11.7 Å². The maximum atomic E-state index is 13.1. The number of nitrogens with zero attached hydrogens (tertiary/aromatic N) is 1. The molecule has 96 valence electrons. The summed E-state index contributed by atoms with van der Waals surface area (Å²) in [5.41, 5.74) is 1.48. The van der Waals surface area contributed by atoms with Crippen LogP contribution >= 0.6 is 0 Å². The monoisotopic (exact) mass is 248 g/mol. The highest BCUT2D eigenvalue weighted by molar-refractivity contribution is 5.91. The third-order valence-electron chi connectivity index (χ3n) is 3.05. The summed E-state index contributed by atoms with van der Waals surface area (Å²) in [5, 5.41) is 13.5. The van der Waals surface area contributed by atoms with Crippen LogP contribution in [-0.4, -0.2) is 22.7 Å². The minimum atomic E-state index is -0.297. The zero-order valence-electron chi connectivity index (χ0n) is 10.5. The molecule has 0 bridgehead atoms. The zero-order valence-corrected chi connectivity index (χ0v) is 10.5. The number of aliphatic hydroxyl groups is 1. The number of benzene rings is 1. The predicted molar refractivity (Wildman–Crippen MR) is 71.0 cm³/mol. The first-order valence-electron chi connectivity index (χ1n) is 6.03. The molecule has 0 saturated heterocycles. The number of hydrogen-bond acceptors (Lipinski definition) is 3. The van der Waals surface area contributed by atoms with Gasteiger partial charge in [-0.1, -0.05) is 13.8 Å². The van der Waals surface area contributed by atoms with Gasteiger partial charge < -0.3 is 10.4 Å². The van der Waals surface area contributed by atoms with E-state index in [1.165, 1.54) is 12.1 Å². The summed E-state index contributed by atoms with van der Waals surface area (Å²) in [6, 6.07) is 6.34. The second-order valence-corrected chi connectivity index (χ2v) is 4.70. The predicted octanol–water partition coefficient (Wildman–Crippen LogP) is 2.80. The summed E-state index contributed by atoms with van der Waals surface area (Å²) in [7, 11) is 0. The lowest BCUT2D eigenvalue weighted by molar-refractivity contribution is 0.249. The van der Waals surface area contributed by atoms with Gasteiger partial charge in [-0.3, -0.25) is 4.98 Å². The van der Waals surface area contributed by atoms with Gasteiger partial charge in [0, 0.05) is 23.3 Å². The molecule has 1 atom stereocenters. The lowest BCUT2D eigenvalue weighted by Crippen LogP contribution is -2.29. The maximum Gasteiger partial charge on any atom is 0.125 e. The summed E-state index contributed by atoms with van der Waals surface area (Å²) in [5.74, 6) is 0.00776. The Hall–Kier alpha value is -1.68. The molecule has 2 aromatic rings. The van der Waals surface area contributed by atoms with Gasteiger partial charge in [-0.2, -0.15) is 0 Å². The van der Waals surface area contributed by atoms with E-state index in [1.54, 1.807) is 12.3 Å². The molecule has 0 radical (unpaired) electrons. The van der Waals surface area contributed by atoms with Crippen molar-refractivity contribution in [3.63, 3.8) is 0 Å². The van der Waals surface area contributed by atoms with Gasteiger partial charge in [0.15, 0.2) is 0 Å². The van der Waals surface area contributed by atoms with Crippen LogP contribution in [0.2, 0.25) is 0 Å². The zero-order chi connectivity index (χ0) is 13.1. The third kappa shape index (κ3) is 2.59. The summed E-state index contributed by atoms with van der Waals surface area (Å²) in [6.07, 6.45) is 1.64. The molecular weight excluding hydrogens is 231 g/mol. The van der Waals surface area contributed by atoms with Crippen LogP contribution in [0.5, 0.6) is 0 Å². The van der Waals surface area contributed by atoms with Crippen molar-refractivity contribution in [3.05, 3.63) is 36.3 Å². The van der Waals surface area contributed by atoms with Crippen molar-refractivity contribution >= 4 is 16.6 Å². The molecule has 0 aliphatic rings. The average molecular weight is 248 g/mol. The molecule has 18 heavy (non-hydrogen) atoms. The molecule has 0 saturated carbocycles. The van der Waals surface area contributed by atoms with Crippen molar-refractivity contribution in [1.82, 2.24) is 4.98 Å². The van der Waals surface area contributed by atoms with E-state index in [0.717, 1.165) is 11.1 Å². The molecule has 0 aliphatic heterocycles. The largest absolute Gasteiger partial charge is 0.394 e. The van der Waals surface area contributed by atoms with Crippen molar-refractivity contribution in [2.75, 3.05) is 11.9 Å².